The molecule has 1 aliphatic heterocycles. The van der Waals surface area contributed by atoms with Crippen molar-refractivity contribution in [2.24, 2.45) is 0 Å². The minimum absolute atomic E-state index is 0.122. The summed E-state index contributed by atoms with van der Waals surface area (Å²) in [7, 11) is 1.51. The van der Waals surface area contributed by atoms with E-state index in [0.717, 1.165) is 17.2 Å². The van der Waals surface area contributed by atoms with Gasteiger partial charge in [0.2, 0.25) is 0 Å². The van der Waals surface area contributed by atoms with Crippen LogP contribution in [0.3, 0.4) is 0 Å². The summed E-state index contributed by atoms with van der Waals surface area (Å²) in [6.45, 7) is 3.93. The normalized spacial score (nSPS) is 16.2. The smallest absolute Gasteiger partial charge is 0.307 e. The van der Waals surface area contributed by atoms with Crippen molar-refractivity contribution in [2.75, 3.05) is 12.0 Å². The second kappa shape index (κ2) is 8.51. The van der Waals surface area contributed by atoms with Gasteiger partial charge in [0.25, 0.3) is 5.91 Å². The van der Waals surface area contributed by atoms with E-state index in [1.165, 1.54) is 12.0 Å². The number of carboxylic acids is 1. The summed E-state index contributed by atoms with van der Waals surface area (Å²) in [6, 6.07) is 14.0. The highest BCUT2D eigenvalue weighted by Crippen LogP contribution is 2.50. The van der Waals surface area contributed by atoms with Crippen molar-refractivity contribution in [1.29, 1.82) is 0 Å². The minimum Gasteiger partial charge on any atom is -0.496 e. The van der Waals surface area contributed by atoms with Gasteiger partial charge in [-0.1, -0.05) is 43.3 Å². The average Bonchev–Trinajstić information content (AvgIpc) is 3.04. The van der Waals surface area contributed by atoms with Gasteiger partial charge in [-0.3, -0.25) is 14.5 Å². The maximum absolute atomic E-state index is 13.6. The van der Waals surface area contributed by atoms with E-state index in [1.54, 1.807) is 24.3 Å². The maximum atomic E-state index is 13.6. The first kappa shape index (κ1) is 21.6. The first-order chi connectivity index (χ1) is 15.4. The number of fused-ring (bicyclic) bond motifs is 2. The lowest BCUT2D eigenvalue weighted by molar-refractivity contribution is -0.136. The first-order valence-electron chi connectivity index (χ1n) is 10.5. The quantitative estimate of drug-likeness (QED) is 0.574. The predicted octanol–water partition coefficient (Wildman–Crippen LogP) is 4.30. The van der Waals surface area contributed by atoms with E-state index in [4.69, 9.17) is 14.6 Å². The molecule has 1 aliphatic rings. The third-order valence-electron chi connectivity index (χ3n) is 5.76. The van der Waals surface area contributed by atoms with Gasteiger partial charge >= 0.3 is 5.97 Å². The average molecular weight is 435 g/mol. The fourth-order valence-electron chi connectivity index (χ4n) is 4.05. The number of amides is 1. The van der Waals surface area contributed by atoms with Crippen LogP contribution in [0.5, 0.6) is 11.5 Å². The molecule has 0 spiro atoms. The number of hydrogen-bond acceptors (Lipinski definition) is 5. The highest BCUT2D eigenvalue weighted by molar-refractivity contribution is 6.17. The Morgan fingerprint density at radius 3 is 2.28 bits per heavy atom. The molecule has 0 aromatic heterocycles. The fourth-order valence-corrected chi connectivity index (χ4v) is 4.05. The molecule has 1 heterocycles. The molecule has 2 N–H and O–H groups in total. The molecule has 3 aromatic carbocycles. The topological polar surface area (TPSA) is 96.3 Å². The number of anilines is 1. The second-order valence-corrected chi connectivity index (χ2v) is 7.82. The zero-order valence-electron chi connectivity index (χ0n) is 18.2. The molecule has 4 rings (SSSR count). The summed E-state index contributed by atoms with van der Waals surface area (Å²) in [4.78, 5) is 25.9. The van der Waals surface area contributed by atoms with E-state index >= 15 is 0 Å². The van der Waals surface area contributed by atoms with Crippen LogP contribution in [-0.2, 0) is 11.2 Å². The zero-order valence-corrected chi connectivity index (χ0v) is 18.2. The van der Waals surface area contributed by atoms with Gasteiger partial charge in [0, 0.05) is 16.5 Å². The summed E-state index contributed by atoms with van der Waals surface area (Å²) in [5.41, 5.74) is 1.70. The van der Waals surface area contributed by atoms with Crippen molar-refractivity contribution in [3.63, 3.8) is 0 Å². The fraction of sp³-hybridized carbons (Fsp3) is 0.280. The number of benzene rings is 3. The molecule has 7 nitrogen and oxygen atoms in total. The standard InChI is InChI=1S/C25H25NO6/c1-4-14(2)32-23-18-8-6-5-7-17(18)22(31-3)20-21(23)25(30)26(24(20)29)16-11-9-15(10-12-16)13-19(27)28/h5-12,14,24,29H,4,13H2,1-3H3,(H,27,28). The van der Waals surface area contributed by atoms with Crippen molar-refractivity contribution in [3.8, 4) is 11.5 Å². The highest BCUT2D eigenvalue weighted by Gasteiger charge is 2.43. The molecule has 0 saturated heterocycles. The Kier molecular flexibility index (Phi) is 5.76. The molecular formula is C25H25NO6. The number of rotatable bonds is 7. The van der Waals surface area contributed by atoms with Crippen LogP contribution in [0.25, 0.3) is 10.8 Å². The van der Waals surface area contributed by atoms with E-state index in [2.05, 4.69) is 0 Å². The van der Waals surface area contributed by atoms with E-state index < -0.39 is 18.1 Å². The number of nitrogens with zero attached hydrogens (tertiary/aromatic N) is 1. The molecule has 0 saturated carbocycles. The van der Waals surface area contributed by atoms with Crippen LogP contribution in [0.15, 0.2) is 48.5 Å². The van der Waals surface area contributed by atoms with Crippen LogP contribution in [0, 0.1) is 0 Å². The number of carbonyl (C=O) groups excluding carboxylic acids is 1. The Bertz CT molecular complexity index is 1190. The van der Waals surface area contributed by atoms with Crippen molar-refractivity contribution >= 4 is 28.3 Å². The molecular weight excluding hydrogens is 410 g/mol. The van der Waals surface area contributed by atoms with Gasteiger partial charge in [0.15, 0.2) is 6.23 Å². The van der Waals surface area contributed by atoms with Crippen LogP contribution in [0.2, 0.25) is 0 Å². The number of methoxy groups -OCH3 is 1. The summed E-state index contributed by atoms with van der Waals surface area (Å²) in [5, 5.41) is 21.7. The molecule has 0 bridgehead atoms. The Labute approximate surface area is 185 Å². The van der Waals surface area contributed by atoms with Gasteiger partial charge < -0.3 is 19.7 Å². The number of aliphatic hydroxyl groups excluding tert-OH is 1. The molecule has 2 atom stereocenters. The van der Waals surface area contributed by atoms with E-state index in [-0.39, 0.29) is 18.1 Å². The molecule has 166 valence electrons. The lowest BCUT2D eigenvalue weighted by Gasteiger charge is -2.22. The molecule has 0 fully saturated rings. The Morgan fingerprint density at radius 1 is 1.09 bits per heavy atom. The number of aliphatic carboxylic acids is 1. The largest absolute Gasteiger partial charge is 0.496 e. The molecule has 3 aromatic rings. The number of ether oxygens (including phenoxy) is 2. The molecule has 0 aliphatic carbocycles. The van der Waals surface area contributed by atoms with E-state index in [1.807, 2.05) is 38.1 Å². The lowest BCUT2D eigenvalue weighted by Crippen LogP contribution is -2.27. The zero-order chi connectivity index (χ0) is 23.0. The van der Waals surface area contributed by atoms with Crippen LogP contribution in [0.1, 0.15) is 48.0 Å². The Hall–Kier alpha value is -3.58. The molecule has 0 radical (unpaired) electrons. The van der Waals surface area contributed by atoms with Crippen molar-refractivity contribution in [3.05, 3.63) is 65.2 Å². The van der Waals surface area contributed by atoms with Crippen LogP contribution in [-0.4, -0.2) is 35.3 Å². The van der Waals surface area contributed by atoms with Crippen molar-refractivity contribution < 1.29 is 29.3 Å². The Balaban J connectivity index is 1.89. The number of hydrogen-bond donors (Lipinski definition) is 2. The van der Waals surface area contributed by atoms with Crippen molar-refractivity contribution in [1.82, 2.24) is 0 Å². The number of carbonyl (C=O) groups is 2. The second-order valence-electron chi connectivity index (χ2n) is 7.82. The highest BCUT2D eigenvalue weighted by atomic mass is 16.5. The molecule has 32 heavy (non-hydrogen) atoms. The SMILES string of the molecule is CCC(C)Oc1c2c(c(OC)c3ccccc13)C(O)N(c1ccc(CC(=O)O)cc1)C2=O. The molecule has 1 amide bonds. The van der Waals surface area contributed by atoms with Crippen LogP contribution >= 0.6 is 0 Å². The summed E-state index contributed by atoms with van der Waals surface area (Å²) >= 11 is 0. The van der Waals surface area contributed by atoms with Gasteiger partial charge in [0.05, 0.1) is 30.8 Å². The van der Waals surface area contributed by atoms with Gasteiger partial charge in [-0.2, -0.15) is 0 Å². The molecule has 2 unspecified atom stereocenters. The van der Waals surface area contributed by atoms with Crippen LogP contribution in [0.4, 0.5) is 5.69 Å². The van der Waals surface area contributed by atoms with E-state index in [9.17, 15) is 14.7 Å². The number of aliphatic hydroxyl groups is 1. The number of carboxylic acid groups (broad SMARTS) is 1. The lowest BCUT2D eigenvalue weighted by atomic mass is 9.98. The summed E-state index contributed by atoms with van der Waals surface area (Å²) in [5.74, 6) is -0.482. The maximum Gasteiger partial charge on any atom is 0.307 e. The van der Waals surface area contributed by atoms with Gasteiger partial charge in [-0.25, -0.2) is 0 Å². The van der Waals surface area contributed by atoms with E-state index in [0.29, 0.717) is 28.3 Å². The predicted molar refractivity (Wildman–Crippen MR) is 120 cm³/mol. The Morgan fingerprint density at radius 2 is 1.72 bits per heavy atom. The third-order valence-corrected chi connectivity index (χ3v) is 5.76. The first-order valence-corrected chi connectivity index (χ1v) is 10.5. The summed E-state index contributed by atoms with van der Waals surface area (Å²) in [6.07, 6.45) is -0.782. The summed E-state index contributed by atoms with van der Waals surface area (Å²) < 4.78 is 11.9. The monoisotopic (exact) mass is 435 g/mol. The van der Waals surface area contributed by atoms with Crippen molar-refractivity contribution in [2.45, 2.75) is 39.0 Å². The van der Waals surface area contributed by atoms with Gasteiger partial charge in [-0.05, 0) is 31.0 Å². The van der Waals surface area contributed by atoms with Gasteiger partial charge in [-0.15, -0.1) is 0 Å². The van der Waals surface area contributed by atoms with Gasteiger partial charge in [0.1, 0.15) is 11.5 Å². The minimum atomic E-state index is -1.28. The third kappa shape index (κ3) is 3.54. The van der Waals surface area contributed by atoms with Crippen LogP contribution < -0.4 is 14.4 Å². The molecule has 7 heteroatoms.